The Labute approximate surface area is 118 Å². The molecule has 1 atom stereocenters. The third-order valence-corrected chi connectivity index (χ3v) is 3.36. The Morgan fingerprint density at radius 3 is 2.26 bits per heavy atom. The molecular formula is C17H30O2. The lowest BCUT2D eigenvalue weighted by molar-refractivity contribution is -0.137. The molecule has 19 heavy (non-hydrogen) atoms. The fourth-order valence-electron chi connectivity index (χ4n) is 1.95. The van der Waals surface area contributed by atoms with E-state index in [4.69, 9.17) is 5.11 Å². The number of carboxylic acid groups (broad SMARTS) is 1. The van der Waals surface area contributed by atoms with Crippen molar-refractivity contribution < 1.29 is 9.90 Å². The molecule has 0 fully saturated rings. The van der Waals surface area contributed by atoms with Crippen LogP contribution in [-0.2, 0) is 4.79 Å². The minimum atomic E-state index is -0.686. The monoisotopic (exact) mass is 266 g/mol. The first kappa shape index (κ1) is 17.9. The Morgan fingerprint density at radius 1 is 1.16 bits per heavy atom. The van der Waals surface area contributed by atoms with Crippen LogP contribution >= 0.6 is 0 Å². The molecule has 1 N–H and O–H groups in total. The summed E-state index contributed by atoms with van der Waals surface area (Å²) in [5, 5.41) is 8.62. The molecule has 0 heterocycles. The number of hydrogen-bond donors (Lipinski definition) is 1. The van der Waals surface area contributed by atoms with Crippen LogP contribution in [0.3, 0.4) is 0 Å². The maximum absolute atomic E-state index is 10.5. The van der Waals surface area contributed by atoms with E-state index in [0.29, 0.717) is 18.3 Å². The van der Waals surface area contributed by atoms with Crippen LogP contribution in [0.4, 0.5) is 0 Å². The van der Waals surface area contributed by atoms with Gasteiger partial charge in [-0.25, -0.2) is 0 Å². The minimum Gasteiger partial charge on any atom is -0.481 e. The van der Waals surface area contributed by atoms with Gasteiger partial charge in [0, 0.05) is 6.42 Å². The van der Waals surface area contributed by atoms with Crippen molar-refractivity contribution in [1.29, 1.82) is 0 Å². The van der Waals surface area contributed by atoms with Crippen molar-refractivity contribution in [3.63, 3.8) is 0 Å². The van der Waals surface area contributed by atoms with Gasteiger partial charge in [-0.3, -0.25) is 4.79 Å². The molecule has 2 nitrogen and oxygen atoms in total. The fourth-order valence-corrected chi connectivity index (χ4v) is 1.95. The van der Waals surface area contributed by atoms with Gasteiger partial charge < -0.3 is 5.11 Å². The third kappa shape index (κ3) is 10.5. The second kappa shape index (κ2) is 9.82. The third-order valence-electron chi connectivity index (χ3n) is 3.36. The highest BCUT2D eigenvalue weighted by molar-refractivity contribution is 5.66. The number of carbonyl (C=O) groups is 1. The molecule has 0 aromatic heterocycles. The smallest absolute Gasteiger partial charge is 0.303 e. The van der Waals surface area contributed by atoms with Crippen molar-refractivity contribution in [3.8, 4) is 0 Å². The molecule has 0 aromatic carbocycles. The first-order valence-corrected chi connectivity index (χ1v) is 7.37. The zero-order chi connectivity index (χ0) is 14.8. The number of allylic oxidation sites excluding steroid dienone is 4. The molecule has 0 amide bonds. The van der Waals surface area contributed by atoms with Crippen molar-refractivity contribution in [1.82, 2.24) is 0 Å². The van der Waals surface area contributed by atoms with Crippen molar-refractivity contribution >= 4 is 5.97 Å². The predicted molar refractivity (Wildman–Crippen MR) is 82.2 cm³/mol. The summed E-state index contributed by atoms with van der Waals surface area (Å²) in [6.45, 7) is 10.9. The standard InChI is InChI=1S/C17H30O2/c1-13(2)9-11-16(14(3)4)12-10-15(5)7-6-8-17(18)19/h9,12,14-15H,6-8,10-11H2,1-5H3,(H,18,19)/t15-/m0/s1. The number of aliphatic carboxylic acids is 1. The van der Waals surface area contributed by atoms with Gasteiger partial charge in [-0.2, -0.15) is 0 Å². The Bertz CT molecular complexity index is 320. The predicted octanol–water partition coefficient (Wildman–Crippen LogP) is 5.21. The summed E-state index contributed by atoms with van der Waals surface area (Å²) in [5.74, 6) is 0.468. The molecule has 110 valence electrons. The molecule has 0 aliphatic carbocycles. The molecule has 0 rings (SSSR count). The van der Waals surface area contributed by atoms with Crippen LogP contribution in [0.25, 0.3) is 0 Å². The number of hydrogen-bond acceptors (Lipinski definition) is 1. The number of rotatable bonds is 9. The maximum atomic E-state index is 10.5. The zero-order valence-corrected chi connectivity index (χ0v) is 13.2. The first-order valence-electron chi connectivity index (χ1n) is 7.37. The van der Waals surface area contributed by atoms with Gasteiger partial charge in [0.05, 0.1) is 0 Å². The summed E-state index contributed by atoms with van der Waals surface area (Å²) in [4.78, 5) is 10.5. The summed E-state index contributed by atoms with van der Waals surface area (Å²) >= 11 is 0. The van der Waals surface area contributed by atoms with E-state index in [0.717, 1.165) is 25.7 Å². The Balaban J connectivity index is 4.21. The first-order chi connectivity index (χ1) is 8.82. The highest BCUT2D eigenvalue weighted by atomic mass is 16.4. The van der Waals surface area contributed by atoms with Crippen molar-refractivity contribution in [3.05, 3.63) is 23.3 Å². The van der Waals surface area contributed by atoms with Crippen LogP contribution in [0.5, 0.6) is 0 Å². The molecule has 0 spiro atoms. The minimum absolute atomic E-state index is 0.295. The van der Waals surface area contributed by atoms with E-state index in [9.17, 15) is 4.79 Å². The van der Waals surface area contributed by atoms with Crippen molar-refractivity contribution in [2.45, 2.75) is 66.7 Å². The normalized spacial score (nSPS) is 13.5. The summed E-state index contributed by atoms with van der Waals surface area (Å²) in [5.41, 5.74) is 2.85. The Morgan fingerprint density at radius 2 is 1.79 bits per heavy atom. The van der Waals surface area contributed by atoms with E-state index in [-0.39, 0.29) is 0 Å². The largest absolute Gasteiger partial charge is 0.481 e. The molecular weight excluding hydrogens is 236 g/mol. The molecule has 0 radical (unpaired) electrons. The van der Waals surface area contributed by atoms with E-state index >= 15 is 0 Å². The van der Waals surface area contributed by atoms with Gasteiger partial charge >= 0.3 is 5.97 Å². The Hall–Kier alpha value is -1.05. The molecule has 0 aliphatic heterocycles. The van der Waals surface area contributed by atoms with Gasteiger partial charge in [0.1, 0.15) is 0 Å². The van der Waals surface area contributed by atoms with E-state index in [1.807, 2.05) is 0 Å². The second-order valence-electron chi connectivity index (χ2n) is 6.05. The van der Waals surface area contributed by atoms with E-state index in [2.05, 4.69) is 46.8 Å². The summed E-state index contributed by atoms with van der Waals surface area (Å²) < 4.78 is 0. The maximum Gasteiger partial charge on any atom is 0.303 e. The Kier molecular flexibility index (Phi) is 9.28. The average molecular weight is 266 g/mol. The fraction of sp³-hybridized carbons (Fsp3) is 0.706. The van der Waals surface area contributed by atoms with Crippen molar-refractivity contribution in [2.24, 2.45) is 11.8 Å². The van der Waals surface area contributed by atoms with Gasteiger partial charge in [0.15, 0.2) is 0 Å². The van der Waals surface area contributed by atoms with Crippen molar-refractivity contribution in [2.75, 3.05) is 0 Å². The van der Waals surface area contributed by atoms with E-state index in [1.54, 1.807) is 0 Å². The zero-order valence-electron chi connectivity index (χ0n) is 13.2. The van der Waals surface area contributed by atoms with Crippen LogP contribution in [0.15, 0.2) is 23.3 Å². The van der Waals surface area contributed by atoms with Gasteiger partial charge in [-0.05, 0) is 51.4 Å². The molecule has 0 saturated carbocycles. The van der Waals surface area contributed by atoms with Gasteiger partial charge in [-0.15, -0.1) is 0 Å². The lowest BCUT2D eigenvalue weighted by atomic mass is 9.93. The van der Waals surface area contributed by atoms with Crippen LogP contribution in [0.2, 0.25) is 0 Å². The lowest BCUT2D eigenvalue weighted by Gasteiger charge is -2.13. The lowest BCUT2D eigenvalue weighted by Crippen LogP contribution is -2.00. The number of carboxylic acids is 1. The topological polar surface area (TPSA) is 37.3 Å². The van der Waals surface area contributed by atoms with Crippen LogP contribution < -0.4 is 0 Å². The van der Waals surface area contributed by atoms with Gasteiger partial charge in [0.2, 0.25) is 0 Å². The average Bonchev–Trinajstić information content (AvgIpc) is 2.27. The molecule has 2 heteroatoms. The molecule has 0 aromatic rings. The molecule has 0 unspecified atom stereocenters. The van der Waals surface area contributed by atoms with Gasteiger partial charge in [0.25, 0.3) is 0 Å². The summed E-state index contributed by atoms with van der Waals surface area (Å²) in [7, 11) is 0. The van der Waals surface area contributed by atoms with Crippen LogP contribution in [-0.4, -0.2) is 11.1 Å². The summed E-state index contributed by atoms with van der Waals surface area (Å²) in [6, 6.07) is 0. The van der Waals surface area contributed by atoms with E-state index in [1.165, 1.54) is 11.1 Å². The molecule has 0 saturated heterocycles. The second-order valence-corrected chi connectivity index (χ2v) is 6.05. The van der Waals surface area contributed by atoms with E-state index < -0.39 is 5.97 Å². The summed E-state index contributed by atoms with van der Waals surface area (Å²) in [6.07, 6.45) is 8.82. The van der Waals surface area contributed by atoms with Gasteiger partial charge in [-0.1, -0.05) is 44.1 Å². The molecule has 0 aliphatic rings. The van der Waals surface area contributed by atoms with Crippen LogP contribution in [0, 0.1) is 11.8 Å². The molecule has 0 bridgehead atoms. The highest BCUT2D eigenvalue weighted by Crippen LogP contribution is 2.20. The highest BCUT2D eigenvalue weighted by Gasteiger charge is 2.06. The SMILES string of the molecule is CC(C)=CCC(=CC[C@@H](C)CCCC(=O)O)C(C)C. The van der Waals surface area contributed by atoms with Crippen LogP contribution in [0.1, 0.15) is 66.7 Å². The quantitative estimate of drug-likeness (QED) is 0.582.